The molecule has 1 aliphatic heterocycles. The van der Waals surface area contributed by atoms with Gasteiger partial charge in [-0.1, -0.05) is 0 Å². The zero-order valence-corrected chi connectivity index (χ0v) is 15.9. The molecule has 3 aromatic rings. The van der Waals surface area contributed by atoms with E-state index >= 15 is 0 Å². The molecule has 138 valence electrons. The van der Waals surface area contributed by atoms with Crippen LogP contribution in [0.5, 0.6) is 0 Å². The number of imidazole rings is 1. The van der Waals surface area contributed by atoms with Gasteiger partial charge in [0.05, 0.1) is 5.56 Å². The highest BCUT2D eigenvalue weighted by molar-refractivity contribution is 5.86. The van der Waals surface area contributed by atoms with Crippen LogP contribution in [0.4, 0.5) is 5.82 Å². The molecule has 3 aromatic heterocycles. The van der Waals surface area contributed by atoms with Crippen molar-refractivity contribution in [2.45, 2.75) is 45.8 Å². The van der Waals surface area contributed by atoms with E-state index in [1.807, 2.05) is 6.92 Å². The fourth-order valence-electron chi connectivity index (χ4n) is 3.30. The quantitative estimate of drug-likeness (QED) is 0.722. The van der Waals surface area contributed by atoms with Crippen LogP contribution in [-0.2, 0) is 6.54 Å². The third-order valence-corrected chi connectivity index (χ3v) is 4.73. The molecule has 8 nitrogen and oxygen atoms in total. The van der Waals surface area contributed by atoms with Gasteiger partial charge in [0.1, 0.15) is 18.0 Å². The van der Waals surface area contributed by atoms with Crippen molar-refractivity contribution in [1.29, 1.82) is 0 Å². The van der Waals surface area contributed by atoms with Crippen molar-refractivity contribution < 1.29 is 0 Å². The molecule has 1 aliphatic rings. The lowest BCUT2D eigenvalue weighted by atomic mass is 10.1. The lowest BCUT2D eigenvalue weighted by molar-refractivity contribution is 0.613. The molecule has 0 spiro atoms. The van der Waals surface area contributed by atoms with Crippen molar-refractivity contribution in [3.05, 3.63) is 24.5 Å². The van der Waals surface area contributed by atoms with Gasteiger partial charge in [-0.15, -0.1) is 12.4 Å². The topological polar surface area (TPSA) is 93.4 Å². The maximum absolute atomic E-state index is 4.83. The van der Waals surface area contributed by atoms with Gasteiger partial charge in [0.25, 0.3) is 0 Å². The first-order valence-electron chi connectivity index (χ1n) is 8.67. The van der Waals surface area contributed by atoms with Gasteiger partial charge in [-0.05, 0) is 33.7 Å². The normalized spacial score (nSPS) is 19.5. The minimum atomic E-state index is 0. The second-order valence-electron chi connectivity index (χ2n) is 6.38. The largest absolute Gasteiger partial charge is 0.364 e. The second kappa shape index (κ2) is 7.51. The molecule has 4 heterocycles. The number of hydrogen-bond donors (Lipinski definition) is 2. The number of hydrogen-bond acceptors (Lipinski definition) is 7. The summed E-state index contributed by atoms with van der Waals surface area (Å²) in [5, 5.41) is 6.99. The fraction of sp³-hybridized carbons (Fsp3) is 0.471. The molecule has 26 heavy (non-hydrogen) atoms. The molecule has 1 fully saturated rings. The van der Waals surface area contributed by atoms with Gasteiger partial charge in [-0.25, -0.2) is 24.9 Å². The van der Waals surface area contributed by atoms with Crippen LogP contribution in [0, 0.1) is 6.92 Å². The van der Waals surface area contributed by atoms with Crippen LogP contribution in [-0.4, -0.2) is 48.1 Å². The number of anilines is 1. The molecule has 9 heteroatoms. The highest BCUT2D eigenvalue weighted by atomic mass is 35.5. The summed E-state index contributed by atoms with van der Waals surface area (Å²) >= 11 is 0. The van der Waals surface area contributed by atoms with E-state index in [9.17, 15) is 0 Å². The van der Waals surface area contributed by atoms with Crippen molar-refractivity contribution in [3.63, 3.8) is 0 Å². The number of halogens is 1. The maximum atomic E-state index is 4.83. The monoisotopic (exact) mass is 374 g/mol. The molecule has 0 amide bonds. The fourth-order valence-corrected chi connectivity index (χ4v) is 3.30. The van der Waals surface area contributed by atoms with Crippen LogP contribution >= 0.6 is 12.4 Å². The van der Waals surface area contributed by atoms with Crippen LogP contribution in [0.3, 0.4) is 0 Å². The predicted molar refractivity (Wildman–Crippen MR) is 104 cm³/mol. The Morgan fingerprint density at radius 2 is 2.00 bits per heavy atom. The molecule has 0 unspecified atom stereocenters. The third-order valence-electron chi connectivity index (χ3n) is 4.73. The van der Waals surface area contributed by atoms with E-state index in [0.29, 0.717) is 12.1 Å². The predicted octanol–water partition coefficient (Wildman–Crippen LogP) is 2.20. The van der Waals surface area contributed by atoms with E-state index in [1.54, 1.807) is 18.7 Å². The number of aromatic nitrogens is 6. The van der Waals surface area contributed by atoms with E-state index in [-0.39, 0.29) is 12.4 Å². The van der Waals surface area contributed by atoms with Crippen LogP contribution in [0.15, 0.2) is 18.7 Å². The van der Waals surface area contributed by atoms with Crippen molar-refractivity contribution in [1.82, 2.24) is 34.8 Å². The van der Waals surface area contributed by atoms with Crippen LogP contribution in [0.2, 0.25) is 0 Å². The number of rotatable bonds is 4. The molecule has 0 bridgehead atoms. The van der Waals surface area contributed by atoms with Gasteiger partial charge in [-0.3, -0.25) is 0 Å². The molecule has 0 aliphatic carbocycles. The summed E-state index contributed by atoms with van der Waals surface area (Å²) in [6, 6.07) is 0.749. The second-order valence-corrected chi connectivity index (χ2v) is 6.38. The Morgan fingerprint density at radius 1 is 1.23 bits per heavy atom. The van der Waals surface area contributed by atoms with E-state index in [0.717, 1.165) is 53.7 Å². The lowest BCUT2D eigenvalue weighted by Crippen LogP contribution is -2.32. The zero-order chi connectivity index (χ0) is 17.4. The number of nitrogens with zero attached hydrogens (tertiary/aromatic N) is 6. The maximum Gasteiger partial charge on any atom is 0.165 e. The van der Waals surface area contributed by atoms with Gasteiger partial charge in [-0.2, -0.15) is 0 Å². The molecular formula is C17H23ClN8. The van der Waals surface area contributed by atoms with E-state index in [1.165, 1.54) is 0 Å². The summed E-state index contributed by atoms with van der Waals surface area (Å²) in [6.45, 7) is 7.91. The number of fused-ring (bicyclic) bond motifs is 1. The molecular weight excluding hydrogens is 352 g/mol. The van der Waals surface area contributed by atoms with E-state index < -0.39 is 0 Å². The van der Waals surface area contributed by atoms with Gasteiger partial charge in [0.2, 0.25) is 0 Å². The Balaban J connectivity index is 0.00000196. The molecule has 2 atom stereocenters. The highest BCUT2D eigenvalue weighted by Crippen LogP contribution is 2.27. The summed E-state index contributed by atoms with van der Waals surface area (Å²) in [5.41, 5.74) is 2.50. The van der Waals surface area contributed by atoms with Crippen LogP contribution < -0.4 is 10.6 Å². The summed E-state index contributed by atoms with van der Waals surface area (Å²) in [7, 11) is 0. The third kappa shape index (κ3) is 3.22. The van der Waals surface area contributed by atoms with Crippen LogP contribution in [0.25, 0.3) is 22.6 Å². The Morgan fingerprint density at radius 3 is 2.65 bits per heavy atom. The summed E-state index contributed by atoms with van der Waals surface area (Å²) in [5.74, 6) is 2.35. The molecule has 0 saturated carbocycles. The average Bonchev–Trinajstić information content (AvgIpc) is 3.19. The first kappa shape index (κ1) is 18.5. The summed E-state index contributed by atoms with van der Waals surface area (Å²) in [6.07, 6.45) is 6.28. The van der Waals surface area contributed by atoms with Gasteiger partial charge in [0, 0.05) is 31.0 Å². The smallest absolute Gasteiger partial charge is 0.165 e. The Hall–Kier alpha value is -2.32. The SMILES string of the molecule is CCn1c(-c2cnc(C)nc2)nc2c(N[C@H]3CCN[C@@H]3C)ncnc21.Cl. The summed E-state index contributed by atoms with van der Waals surface area (Å²) in [4.78, 5) is 22.3. The molecule has 0 radical (unpaired) electrons. The molecule has 1 saturated heterocycles. The van der Waals surface area contributed by atoms with Crippen LogP contribution in [0.1, 0.15) is 26.1 Å². The van der Waals surface area contributed by atoms with Crippen molar-refractivity contribution in [2.24, 2.45) is 0 Å². The van der Waals surface area contributed by atoms with Crippen molar-refractivity contribution >= 4 is 29.4 Å². The number of nitrogens with one attached hydrogen (secondary N) is 2. The first-order chi connectivity index (χ1) is 12.2. The highest BCUT2D eigenvalue weighted by Gasteiger charge is 2.25. The number of aryl methyl sites for hydroxylation is 2. The van der Waals surface area contributed by atoms with Crippen molar-refractivity contribution in [3.8, 4) is 11.4 Å². The Kier molecular flexibility index (Phi) is 5.33. The molecule has 0 aromatic carbocycles. The minimum Gasteiger partial charge on any atom is -0.364 e. The molecule has 2 N–H and O–H groups in total. The minimum absolute atomic E-state index is 0. The Labute approximate surface area is 158 Å². The Bertz CT molecular complexity index is 892. The average molecular weight is 375 g/mol. The van der Waals surface area contributed by atoms with Gasteiger partial charge >= 0.3 is 0 Å². The van der Waals surface area contributed by atoms with Gasteiger partial charge < -0.3 is 15.2 Å². The van der Waals surface area contributed by atoms with E-state index in [4.69, 9.17) is 4.98 Å². The summed E-state index contributed by atoms with van der Waals surface area (Å²) < 4.78 is 2.08. The zero-order valence-electron chi connectivity index (χ0n) is 15.1. The van der Waals surface area contributed by atoms with Gasteiger partial charge in [0.15, 0.2) is 17.0 Å². The molecule has 4 rings (SSSR count). The first-order valence-corrected chi connectivity index (χ1v) is 8.67. The van der Waals surface area contributed by atoms with Crippen molar-refractivity contribution in [2.75, 3.05) is 11.9 Å². The standard InChI is InChI=1S/C17H22N8.ClH/c1-4-25-16(12-7-19-11(3)20-8-12)24-14-15(21-9-22-17(14)25)23-13-5-6-18-10(13)2;/h7-10,13,18H,4-6H2,1-3H3,(H,21,22,23);1H/t10-,13+;/m1./s1. The van der Waals surface area contributed by atoms with E-state index in [2.05, 4.69) is 49.0 Å². The lowest BCUT2D eigenvalue weighted by Gasteiger charge is -2.17.